The van der Waals surface area contributed by atoms with E-state index in [2.05, 4.69) is 4.98 Å². The van der Waals surface area contributed by atoms with Crippen LogP contribution in [0, 0.1) is 34.6 Å². The molecular formula is C19H10F4N2. The molecule has 0 aliphatic carbocycles. The lowest BCUT2D eigenvalue weighted by Crippen LogP contribution is -2.00. The number of nitrogens with zero attached hydrogens (tertiary/aromatic N) is 2. The van der Waals surface area contributed by atoms with E-state index in [0.717, 1.165) is 12.1 Å². The zero-order valence-electron chi connectivity index (χ0n) is 12.7. The molecule has 3 rings (SSSR count). The van der Waals surface area contributed by atoms with Crippen molar-refractivity contribution in [1.29, 1.82) is 5.26 Å². The molecule has 1 aromatic heterocycles. The minimum absolute atomic E-state index is 0.0597. The topological polar surface area (TPSA) is 36.7 Å². The van der Waals surface area contributed by atoms with Crippen molar-refractivity contribution < 1.29 is 17.6 Å². The molecule has 0 aliphatic rings. The van der Waals surface area contributed by atoms with Crippen LogP contribution in [0.15, 0.2) is 48.5 Å². The first-order chi connectivity index (χ1) is 12.0. The van der Waals surface area contributed by atoms with Gasteiger partial charge in [0.2, 0.25) is 0 Å². The van der Waals surface area contributed by atoms with Crippen LogP contribution in [0.2, 0.25) is 0 Å². The molecule has 0 fully saturated rings. The van der Waals surface area contributed by atoms with E-state index in [1.807, 2.05) is 6.07 Å². The van der Waals surface area contributed by atoms with Crippen molar-refractivity contribution in [3.8, 4) is 28.5 Å². The largest absolute Gasteiger partial charge is 0.251 e. The van der Waals surface area contributed by atoms with Gasteiger partial charge in [-0.05, 0) is 24.3 Å². The Bertz CT molecular complexity index is 993. The summed E-state index contributed by atoms with van der Waals surface area (Å²) >= 11 is 0. The van der Waals surface area contributed by atoms with E-state index in [-0.39, 0.29) is 28.8 Å². The summed E-state index contributed by atoms with van der Waals surface area (Å²) in [6.07, 6.45) is -0.0597. The van der Waals surface area contributed by atoms with Gasteiger partial charge in [-0.2, -0.15) is 5.26 Å². The molecule has 0 N–H and O–H groups in total. The summed E-state index contributed by atoms with van der Waals surface area (Å²) in [5.41, 5.74) is 0.0206. The number of halogens is 4. The van der Waals surface area contributed by atoms with E-state index in [1.54, 1.807) is 0 Å². The Morgan fingerprint density at radius 3 is 2.00 bits per heavy atom. The first-order valence-electron chi connectivity index (χ1n) is 7.28. The van der Waals surface area contributed by atoms with Crippen molar-refractivity contribution in [3.05, 3.63) is 77.5 Å². The van der Waals surface area contributed by atoms with E-state index < -0.39 is 23.3 Å². The summed E-state index contributed by atoms with van der Waals surface area (Å²) in [4.78, 5) is 4.16. The average molecular weight is 342 g/mol. The van der Waals surface area contributed by atoms with Crippen LogP contribution in [0.1, 0.15) is 5.69 Å². The maximum atomic E-state index is 14.2. The van der Waals surface area contributed by atoms with Gasteiger partial charge in [-0.15, -0.1) is 0 Å². The molecule has 25 heavy (non-hydrogen) atoms. The Morgan fingerprint density at radius 2 is 1.36 bits per heavy atom. The second-order valence-corrected chi connectivity index (χ2v) is 5.24. The third-order valence-corrected chi connectivity index (χ3v) is 3.66. The highest BCUT2D eigenvalue weighted by molar-refractivity contribution is 5.81. The fraction of sp³-hybridized carbons (Fsp3) is 0.0526. The summed E-state index contributed by atoms with van der Waals surface area (Å²) in [6, 6.07) is 11.9. The van der Waals surface area contributed by atoms with Gasteiger partial charge in [0.05, 0.1) is 23.9 Å². The Kier molecular flexibility index (Phi) is 4.48. The highest BCUT2D eigenvalue weighted by atomic mass is 19.2. The van der Waals surface area contributed by atoms with Gasteiger partial charge in [-0.3, -0.25) is 4.98 Å². The lowest BCUT2D eigenvalue weighted by molar-refractivity contribution is 0.510. The van der Waals surface area contributed by atoms with Crippen molar-refractivity contribution in [1.82, 2.24) is 4.98 Å². The van der Waals surface area contributed by atoms with Gasteiger partial charge in [0.1, 0.15) is 0 Å². The fourth-order valence-corrected chi connectivity index (χ4v) is 2.50. The number of hydrogen-bond acceptors (Lipinski definition) is 2. The standard InChI is InChI=1S/C19H10F4N2/c20-15-5-1-3-12(17(15)22)13-8-7-11(9-10-24)25-19(13)14-4-2-6-16(21)18(14)23/h1-8H,9H2. The third-order valence-electron chi connectivity index (χ3n) is 3.66. The highest BCUT2D eigenvalue weighted by Crippen LogP contribution is 2.34. The molecule has 1 heterocycles. The molecule has 2 nitrogen and oxygen atoms in total. The highest BCUT2D eigenvalue weighted by Gasteiger charge is 2.19. The van der Waals surface area contributed by atoms with Crippen LogP contribution in [-0.2, 0) is 6.42 Å². The minimum atomic E-state index is -1.15. The van der Waals surface area contributed by atoms with Gasteiger partial charge < -0.3 is 0 Å². The van der Waals surface area contributed by atoms with Gasteiger partial charge in [-0.1, -0.05) is 24.3 Å². The lowest BCUT2D eigenvalue weighted by Gasteiger charge is -2.12. The SMILES string of the molecule is N#CCc1ccc(-c2cccc(F)c2F)c(-c2cccc(F)c2F)n1. The number of rotatable bonds is 3. The van der Waals surface area contributed by atoms with Crippen molar-refractivity contribution >= 4 is 0 Å². The number of nitriles is 1. The number of pyridine rings is 1. The lowest BCUT2D eigenvalue weighted by atomic mass is 9.97. The molecule has 0 spiro atoms. The van der Waals surface area contributed by atoms with Crippen LogP contribution >= 0.6 is 0 Å². The van der Waals surface area contributed by atoms with E-state index in [1.165, 1.54) is 36.4 Å². The van der Waals surface area contributed by atoms with Crippen LogP contribution in [0.5, 0.6) is 0 Å². The molecule has 6 heteroatoms. The van der Waals surface area contributed by atoms with Crippen molar-refractivity contribution in [2.45, 2.75) is 6.42 Å². The molecule has 0 unspecified atom stereocenters. The molecule has 0 bridgehead atoms. The maximum absolute atomic E-state index is 14.2. The summed E-state index contributed by atoms with van der Waals surface area (Å²) < 4.78 is 55.6. The first-order valence-corrected chi connectivity index (χ1v) is 7.28. The minimum Gasteiger partial charge on any atom is -0.251 e. The Hall–Kier alpha value is -3.20. The van der Waals surface area contributed by atoms with Gasteiger partial charge in [-0.25, -0.2) is 17.6 Å². The zero-order chi connectivity index (χ0) is 18.0. The predicted molar refractivity (Wildman–Crippen MR) is 84.3 cm³/mol. The second kappa shape index (κ2) is 6.73. The van der Waals surface area contributed by atoms with Crippen molar-refractivity contribution in [2.75, 3.05) is 0 Å². The van der Waals surface area contributed by atoms with E-state index in [4.69, 9.17) is 5.26 Å². The van der Waals surface area contributed by atoms with Crippen LogP contribution in [0.25, 0.3) is 22.4 Å². The molecule has 0 saturated heterocycles. The van der Waals surface area contributed by atoms with Gasteiger partial charge in [0, 0.05) is 16.7 Å². The van der Waals surface area contributed by atoms with E-state index in [9.17, 15) is 17.6 Å². The summed E-state index contributed by atoms with van der Waals surface area (Å²) in [7, 11) is 0. The quantitative estimate of drug-likeness (QED) is 0.626. The second-order valence-electron chi connectivity index (χ2n) is 5.24. The Labute approximate surface area is 141 Å². The van der Waals surface area contributed by atoms with Gasteiger partial charge in [0.15, 0.2) is 23.3 Å². The summed E-state index contributed by atoms with van der Waals surface area (Å²) in [5, 5.41) is 8.81. The first kappa shape index (κ1) is 16.7. The smallest absolute Gasteiger partial charge is 0.168 e. The van der Waals surface area contributed by atoms with E-state index >= 15 is 0 Å². The van der Waals surface area contributed by atoms with Crippen LogP contribution in [-0.4, -0.2) is 4.98 Å². The van der Waals surface area contributed by atoms with Gasteiger partial charge in [0.25, 0.3) is 0 Å². The molecule has 0 amide bonds. The third kappa shape index (κ3) is 3.09. The molecule has 0 aliphatic heterocycles. The molecule has 0 saturated carbocycles. The molecule has 0 atom stereocenters. The summed E-state index contributed by atoms with van der Waals surface area (Å²) in [5.74, 6) is -4.42. The molecular weight excluding hydrogens is 332 g/mol. The molecule has 124 valence electrons. The molecule has 2 aromatic carbocycles. The van der Waals surface area contributed by atoms with E-state index in [0.29, 0.717) is 5.69 Å². The van der Waals surface area contributed by atoms with Gasteiger partial charge >= 0.3 is 0 Å². The molecule has 0 radical (unpaired) electrons. The number of benzene rings is 2. The Morgan fingerprint density at radius 1 is 0.760 bits per heavy atom. The average Bonchev–Trinajstić information content (AvgIpc) is 2.60. The fourth-order valence-electron chi connectivity index (χ4n) is 2.50. The summed E-state index contributed by atoms with van der Waals surface area (Å²) in [6.45, 7) is 0. The number of aromatic nitrogens is 1. The van der Waals surface area contributed by atoms with Crippen LogP contribution in [0.3, 0.4) is 0 Å². The van der Waals surface area contributed by atoms with Crippen molar-refractivity contribution in [2.24, 2.45) is 0 Å². The van der Waals surface area contributed by atoms with Crippen LogP contribution < -0.4 is 0 Å². The maximum Gasteiger partial charge on any atom is 0.168 e. The normalized spacial score (nSPS) is 10.5. The Balaban J connectivity index is 2.31. The monoisotopic (exact) mass is 342 g/mol. The zero-order valence-corrected chi connectivity index (χ0v) is 12.7. The van der Waals surface area contributed by atoms with Crippen LogP contribution in [0.4, 0.5) is 17.6 Å². The number of hydrogen-bond donors (Lipinski definition) is 0. The van der Waals surface area contributed by atoms with Crippen molar-refractivity contribution in [3.63, 3.8) is 0 Å². The predicted octanol–water partition coefficient (Wildman–Crippen LogP) is 5.04. The molecule has 3 aromatic rings.